The lowest BCUT2D eigenvalue weighted by atomic mass is 10.1. The molecule has 1 heterocycles. The highest BCUT2D eigenvalue weighted by molar-refractivity contribution is 9.10. The molecule has 1 aliphatic rings. The van der Waals surface area contributed by atoms with Gasteiger partial charge in [0.15, 0.2) is 0 Å². The standard InChI is InChI=1S/C19H17BrN2O3S/c20-13-6-8-14(9-7-13)21-17(23)12-26-11-3-10-22-18(24)15-4-1-2-5-16(15)19(22)25/h1-2,4-9H,3,10-12H2,(H,21,23). The normalized spacial score (nSPS) is 13.0. The Labute approximate surface area is 164 Å². The van der Waals surface area contributed by atoms with Gasteiger partial charge in [0, 0.05) is 16.7 Å². The van der Waals surface area contributed by atoms with Crippen LogP contribution < -0.4 is 5.32 Å². The summed E-state index contributed by atoms with van der Waals surface area (Å²) in [7, 11) is 0. The third-order valence-electron chi connectivity index (χ3n) is 3.91. The van der Waals surface area contributed by atoms with E-state index in [-0.39, 0.29) is 17.7 Å². The van der Waals surface area contributed by atoms with E-state index in [0.717, 1.165) is 10.2 Å². The van der Waals surface area contributed by atoms with Crippen molar-refractivity contribution < 1.29 is 14.4 Å². The van der Waals surface area contributed by atoms with E-state index in [1.54, 1.807) is 24.3 Å². The molecule has 134 valence electrons. The van der Waals surface area contributed by atoms with Crippen LogP contribution in [-0.2, 0) is 4.79 Å². The van der Waals surface area contributed by atoms with Gasteiger partial charge < -0.3 is 5.32 Å². The molecule has 0 saturated carbocycles. The molecular weight excluding hydrogens is 416 g/mol. The number of benzene rings is 2. The van der Waals surface area contributed by atoms with Crippen molar-refractivity contribution >= 4 is 51.1 Å². The third kappa shape index (κ3) is 4.34. The number of imide groups is 1. The number of fused-ring (bicyclic) bond motifs is 1. The lowest BCUT2D eigenvalue weighted by Gasteiger charge is -2.13. The highest BCUT2D eigenvalue weighted by Gasteiger charge is 2.34. The third-order valence-corrected chi connectivity index (χ3v) is 5.48. The van der Waals surface area contributed by atoms with Crippen molar-refractivity contribution in [3.63, 3.8) is 0 Å². The molecule has 3 rings (SSSR count). The molecule has 26 heavy (non-hydrogen) atoms. The van der Waals surface area contributed by atoms with Crippen LogP contribution in [0.15, 0.2) is 53.0 Å². The second kappa shape index (κ2) is 8.51. The highest BCUT2D eigenvalue weighted by Crippen LogP contribution is 2.22. The molecule has 3 amide bonds. The second-order valence-electron chi connectivity index (χ2n) is 5.77. The molecular formula is C19H17BrN2O3S. The zero-order valence-corrected chi connectivity index (χ0v) is 16.3. The van der Waals surface area contributed by atoms with Crippen molar-refractivity contribution in [2.75, 3.05) is 23.4 Å². The zero-order chi connectivity index (χ0) is 18.5. The number of carbonyl (C=O) groups excluding carboxylic acids is 3. The van der Waals surface area contributed by atoms with Crippen LogP contribution in [-0.4, -0.2) is 40.7 Å². The Morgan fingerprint density at radius 2 is 1.62 bits per heavy atom. The van der Waals surface area contributed by atoms with Gasteiger partial charge in [-0.25, -0.2) is 0 Å². The first kappa shape index (κ1) is 18.7. The fourth-order valence-corrected chi connectivity index (χ4v) is 3.66. The molecule has 0 unspecified atom stereocenters. The van der Waals surface area contributed by atoms with Crippen molar-refractivity contribution in [3.05, 3.63) is 64.1 Å². The van der Waals surface area contributed by atoms with E-state index in [2.05, 4.69) is 21.2 Å². The number of rotatable bonds is 7. The number of hydrogen-bond donors (Lipinski definition) is 1. The van der Waals surface area contributed by atoms with Crippen LogP contribution in [0, 0.1) is 0 Å². The Balaban J connectivity index is 1.38. The van der Waals surface area contributed by atoms with Gasteiger partial charge >= 0.3 is 0 Å². The molecule has 0 fully saturated rings. The average molecular weight is 433 g/mol. The smallest absolute Gasteiger partial charge is 0.261 e. The largest absolute Gasteiger partial charge is 0.325 e. The molecule has 0 saturated heterocycles. The summed E-state index contributed by atoms with van der Waals surface area (Å²) in [4.78, 5) is 37.7. The van der Waals surface area contributed by atoms with Gasteiger partial charge in [-0.1, -0.05) is 28.1 Å². The van der Waals surface area contributed by atoms with Gasteiger partial charge in [0.25, 0.3) is 11.8 Å². The predicted octanol–water partition coefficient (Wildman–Crippen LogP) is 3.81. The fourth-order valence-electron chi connectivity index (χ4n) is 2.66. The van der Waals surface area contributed by atoms with Crippen LogP contribution in [0.25, 0.3) is 0 Å². The van der Waals surface area contributed by atoms with Gasteiger partial charge in [-0.05, 0) is 48.6 Å². The summed E-state index contributed by atoms with van der Waals surface area (Å²) in [6, 6.07) is 14.3. The minimum absolute atomic E-state index is 0.0712. The lowest BCUT2D eigenvalue weighted by Crippen LogP contribution is -2.31. The number of amides is 3. The summed E-state index contributed by atoms with van der Waals surface area (Å²) in [6.45, 7) is 0.369. The summed E-state index contributed by atoms with van der Waals surface area (Å²) >= 11 is 4.83. The maximum absolute atomic E-state index is 12.2. The first-order valence-electron chi connectivity index (χ1n) is 8.14. The zero-order valence-electron chi connectivity index (χ0n) is 13.9. The summed E-state index contributed by atoms with van der Waals surface area (Å²) in [5.41, 5.74) is 1.70. The summed E-state index contributed by atoms with van der Waals surface area (Å²) in [5, 5.41) is 2.83. The van der Waals surface area contributed by atoms with Crippen LogP contribution >= 0.6 is 27.7 Å². The maximum atomic E-state index is 12.2. The second-order valence-corrected chi connectivity index (χ2v) is 7.79. The van der Waals surface area contributed by atoms with E-state index in [9.17, 15) is 14.4 Å². The lowest BCUT2D eigenvalue weighted by molar-refractivity contribution is -0.113. The number of thioether (sulfide) groups is 1. The molecule has 0 bridgehead atoms. The molecule has 0 aromatic heterocycles. The summed E-state index contributed by atoms with van der Waals surface area (Å²) < 4.78 is 0.957. The van der Waals surface area contributed by atoms with Crippen molar-refractivity contribution in [2.45, 2.75) is 6.42 Å². The molecule has 1 N–H and O–H groups in total. The topological polar surface area (TPSA) is 66.5 Å². The number of nitrogens with zero attached hydrogens (tertiary/aromatic N) is 1. The predicted molar refractivity (Wildman–Crippen MR) is 107 cm³/mol. The SMILES string of the molecule is O=C(CSCCCN1C(=O)c2ccccc2C1=O)Nc1ccc(Br)cc1. The van der Waals surface area contributed by atoms with E-state index >= 15 is 0 Å². The van der Waals surface area contributed by atoms with Crippen molar-refractivity contribution in [2.24, 2.45) is 0 Å². The number of carbonyl (C=O) groups is 3. The Morgan fingerprint density at radius 1 is 1.00 bits per heavy atom. The van der Waals surface area contributed by atoms with Gasteiger partial charge in [-0.2, -0.15) is 11.8 Å². The van der Waals surface area contributed by atoms with Gasteiger partial charge in [-0.3, -0.25) is 19.3 Å². The van der Waals surface area contributed by atoms with Crippen molar-refractivity contribution in [3.8, 4) is 0 Å². The average Bonchev–Trinajstić information content (AvgIpc) is 2.88. The van der Waals surface area contributed by atoms with Crippen molar-refractivity contribution in [1.82, 2.24) is 4.90 Å². The number of hydrogen-bond acceptors (Lipinski definition) is 4. The Bertz CT molecular complexity index is 804. The number of halogens is 1. The monoisotopic (exact) mass is 432 g/mol. The molecule has 2 aromatic carbocycles. The van der Waals surface area contributed by atoms with Gasteiger partial charge in [0.1, 0.15) is 0 Å². The van der Waals surface area contributed by atoms with Crippen LogP contribution in [0.2, 0.25) is 0 Å². The molecule has 0 radical (unpaired) electrons. The van der Waals surface area contributed by atoms with Crippen LogP contribution in [0.3, 0.4) is 0 Å². The maximum Gasteiger partial charge on any atom is 0.261 e. The molecule has 0 atom stereocenters. The Kier molecular flexibility index (Phi) is 6.11. The van der Waals surface area contributed by atoms with Gasteiger partial charge in [0.2, 0.25) is 5.91 Å². The number of nitrogens with one attached hydrogen (secondary N) is 1. The van der Waals surface area contributed by atoms with Crippen LogP contribution in [0.5, 0.6) is 0 Å². The molecule has 7 heteroatoms. The first-order chi connectivity index (χ1) is 12.6. The Hall–Kier alpha value is -2.12. The van der Waals surface area contributed by atoms with Gasteiger partial charge in [0.05, 0.1) is 16.9 Å². The number of anilines is 1. The molecule has 1 aliphatic heterocycles. The highest BCUT2D eigenvalue weighted by atomic mass is 79.9. The van der Waals surface area contributed by atoms with Crippen molar-refractivity contribution in [1.29, 1.82) is 0 Å². The van der Waals surface area contributed by atoms with E-state index in [1.165, 1.54) is 16.7 Å². The fraction of sp³-hybridized carbons (Fsp3) is 0.211. The summed E-state index contributed by atoms with van der Waals surface area (Å²) in [6.07, 6.45) is 0.654. The minimum atomic E-state index is -0.233. The van der Waals surface area contributed by atoms with E-state index < -0.39 is 0 Å². The summed E-state index contributed by atoms with van der Waals surface area (Å²) in [5.74, 6) is 0.490. The van der Waals surface area contributed by atoms with Crippen LogP contribution in [0.4, 0.5) is 5.69 Å². The molecule has 0 aliphatic carbocycles. The quantitative estimate of drug-likeness (QED) is 0.533. The van der Waals surface area contributed by atoms with E-state index in [0.29, 0.717) is 35.6 Å². The van der Waals surface area contributed by atoms with E-state index in [1.807, 2.05) is 24.3 Å². The first-order valence-corrected chi connectivity index (χ1v) is 10.1. The van der Waals surface area contributed by atoms with Crippen LogP contribution in [0.1, 0.15) is 27.1 Å². The molecule has 5 nitrogen and oxygen atoms in total. The molecule has 2 aromatic rings. The van der Waals surface area contributed by atoms with E-state index in [4.69, 9.17) is 0 Å². The minimum Gasteiger partial charge on any atom is -0.325 e. The Morgan fingerprint density at radius 3 is 2.23 bits per heavy atom. The van der Waals surface area contributed by atoms with Gasteiger partial charge in [-0.15, -0.1) is 0 Å². The molecule has 0 spiro atoms.